The number of carbonyl (C=O) groups is 1. The van der Waals surface area contributed by atoms with Crippen molar-refractivity contribution in [2.45, 2.75) is 39.5 Å². The first-order chi connectivity index (χ1) is 9.10. The van der Waals surface area contributed by atoms with Crippen LogP contribution in [-0.4, -0.2) is 28.9 Å². The van der Waals surface area contributed by atoms with E-state index in [1.165, 1.54) is 6.20 Å². The van der Waals surface area contributed by atoms with Crippen molar-refractivity contribution in [3.8, 4) is 0 Å². The fourth-order valence-electron chi connectivity index (χ4n) is 1.76. The number of aromatic nitrogens is 1. The van der Waals surface area contributed by atoms with Crippen LogP contribution < -0.4 is 5.73 Å². The van der Waals surface area contributed by atoms with Crippen LogP contribution in [0.3, 0.4) is 0 Å². The Hall–Kier alpha value is -1.29. The number of hydrogen-bond acceptors (Lipinski definition) is 3. The molecule has 0 unspecified atom stereocenters. The van der Waals surface area contributed by atoms with Crippen LogP contribution in [0, 0.1) is 0 Å². The Morgan fingerprint density at radius 1 is 1.32 bits per heavy atom. The molecular weight excluding hydrogens is 262 g/mol. The van der Waals surface area contributed by atoms with E-state index in [4.69, 9.17) is 17.3 Å². The Balaban J connectivity index is 2.81. The third-order valence-electron chi connectivity index (χ3n) is 2.97. The number of anilines is 1. The molecule has 0 radical (unpaired) electrons. The maximum Gasteiger partial charge on any atom is 0.255 e. The summed E-state index contributed by atoms with van der Waals surface area (Å²) in [4.78, 5) is 18.2. The van der Waals surface area contributed by atoms with Crippen LogP contribution in [0.4, 0.5) is 5.82 Å². The molecule has 4 nitrogen and oxygen atoms in total. The minimum atomic E-state index is -0.0173. The van der Waals surface area contributed by atoms with E-state index in [0.29, 0.717) is 10.6 Å². The van der Waals surface area contributed by atoms with Crippen LogP contribution >= 0.6 is 11.6 Å². The van der Waals surface area contributed by atoms with Crippen molar-refractivity contribution in [2.75, 3.05) is 18.8 Å². The summed E-state index contributed by atoms with van der Waals surface area (Å²) in [5.41, 5.74) is 6.06. The highest BCUT2D eigenvalue weighted by molar-refractivity contribution is 6.33. The van der Waals surface area contributed by atoms with Gasteiger partial charge in [0.05, 0.1) is 10.6 Å². The highest BCUT2D eigenvalue weighted by Crippen LogP contribution is 2.18. The Morgan fingerprint density at radius 2 is 1.89 bits per heavy atom. The summed E-state index contributed by atoms with van der Waals surface area (Å²) < 4.78 is 0. The van der Waals surface area contributed by atoms with E-state index in [2.05, 4.69) is 18.8 Å². The summed E-state index contributed by atoms with van der Waals surface area (Å²) in [5.74, 6) is 0.239. The van der Waals surface area contributed by atoms with E-state index in [1.807, 2.05) is 4.90 Å². The number of unbranched alkanes of at least 4 members (excludes halogenated alkanes) is 2. The largest absolute Gasteiger partial charge is 0.382 e. The van der Waals surface area contributed by atoms with Gasteiger partial charge in [0.2, 0.25) is 0 Å². The topological polar surface area (TPSA) is 59.2 Å². The standard InChI is InChI=1S/C14H22ClN3O/c1-3-5-7-18(8-6-4-2)14(19)11-9-12(15)13(16)17-10-11/h9-10H,3-8H2,1-2H3,(H2,16,17). The first-order valence-corrected chi connectivity index (χ1v) is 7.18. The van der Waals surface area contributed by atoms with Crippen LogP contribution in [0.5, 0.6) is 0 Å². The van der Waals surface area contributed by atoms with Crippen LogP contribution in [0.1, 0.15) is 49.9 Å². The second-order valence-corrected chi connectivity index (χ2v) is 5.00. The fraction of sp³-hybridized carbons (Fsp3) is 0.571. The van der Waals surface area contributed by atoms with E-state index >= 15 is 0 Å². The second kappa shape index (κ2) is 8.00. The van der Waals surface area contributed by atoms with Gasteiger partial charge < -0.3 is 10.6 Å². The molecule has 0 atom stereocenters. The van der Waals surface area contributed by atoms with Crippen LogP contribution in [0.2, 0.25) is 5.02 Å². The molecule has 0 fully saturated rings. The van der Waals surface area contributed by atoms with Gasteiger partial charge >= 0.3 is 0 Å². The molecular formula is C14H22ClN3O. The maximum absolute atomic E-state index is 12.4. The van der Waals surface area contributed by atoms with Crippen molar-refractivity contribution < 1.29 is 4.79 Å². The lowest BCUT2D eigenvalue weighted by Gasteiger charge is -2.22. The molecule has 0 aromatic carbocycles. The van der Waals surface area contributed by atoms with E-state index in [9.17, 15) is 4.79 Å². The van der Waals surface area contributed by atoms with Crippen LogP contribution in [0.25, 0.3) is 0 Å². The second-order valence-electron chi connectivity index (χ2n) is 4.59. The van der Waals surface area contributed by atoms with Crippen molar-refractivity contribution >= 4 is 23.3 Å². The first kappa shape index (κ1) is 15.8. The van der Waals surface area contributed by atoms with Gasteiger partial charge in [-0.1, -0.05) is 38.3 Å². The van der Waals surface area contributed by atoms with Gasteiger partial charge in [0, 0.05) is 19.3 Å². The van der Waals surface area contributed by atoms with Gasteiger partial charge in [0.1, 0.15) is 5.82 Å². The Morgan fingerprint density at radius 3 is 2.37 bits per heavy atom. The number of rotatable bonds is 7. The van der Waals surface area contributed by atoms with Gasteiger partial charge in [0.25, 0.3) is 5.91 Å². The quantitative estimate of drug-likeness (QED) is 0.835. The van der Waals surface area contributed by atoms with E-state index in [0.717, 1.165) is 38.8 Å². The summed E-state index contributed by atoms with van der Waals surface area (Å²) >= 11 is 5.91. The van der Waals surface area contributed by atoms with Gasteiger partial charge in [-0.25, -0.2) is 4.98 Å². The number of nitrogens with zero attached hydrogens (tertiary/aromatic N) is 2. The maximum atomic E-state index is 12.4. The molecule has 19 heavy (non-hydrogen) atoms. The molecule has 106 valence electrons. The van der Waals surface area contributed by atoms with Gasteiger partial charge in [-0.05, 0) is 18.9 Å². The molecule has 1 rings (SSSR count). The number of halogens is 1. The lowest BCUT2D eigenvalue weighted by molar-refractivity contribution is 0.0750. The van der Waals surface area contributed by atoms with Crippen molar-refractivity contribution in [1.29, 1.82) is 0 Å². The molecule has 0 aliphatic carbocycles. The highest BCUT2D eigenvalue weighted by atomic mass is 35.5. The first-order valence-electron chi connectivity index (χ1n) is 6.80. The summed E-state index contributed by atoms with van der Waals surface area (Å²) in [6.45, 7) is 5.78. The molecule has 1 heterocycles. The number of hydrogen-bond donors (Lipinski definition) is 1. The zero-order valence-electron chi connectivity index (χ0n) is 11.7. The average Bonchev–Trinajstić information content (AvgIpc) is 2.41. The van der Waals surface area contributed by atoms with Crippen LogP contribution in [0.15, 0.2) is 12.3 Å². The zero-order valence-corrected chi connectivity index (χ0v) is 12.4. The van der Waals surface area contributed by atoms with Gasteiger partial charge in [-0.15, -0.1) is 0 Å². The predicted molar refractivity (Wildman–Crippen MR) is 79.4 cm³/mol. The lowest BCUT2D eigenvalue weighted by atomic mass is 10.2. The minimum Gasteiger partial charge on any atom is -0.382 e. The number of nitrogen functional groups attached to an aromatic ring is 1. The fourth-order valence-corrected chi connectivity index (χ4v) is 1.93. The zero-order chi connectivity index (χ0) is 14.3. The molecule has 0 spiro atoms. The highest BCUT2D eigenvalue weighted by Gasteiger charge is 2.16. The van der Waals surface area contributed by atoms with E-state index < -0.39 is 0 Å². The minimum absolute atomic E-state index is 0.0173. The number of nitrogens with two attached hydrogens (primary N) is 1. The van der Waals surface area contributed by atoms with Gasteiger partial charge in [0.15, 0.2) is 0 Å². The average molecular weight is 284 g/mol. The molecule has 0 aliphatic heterocycles. The molecule has 0 saturated heterocycles. The van der Waals surface area contributed by atoms with Crippen molar-refractivity contribution in [1.82, 2.24) is 9.88 Å². The molecule has 2 N–H and O–H groups in total. The monoisotopic (exact) mass is 283 g/mol. The Bertz CT molecular complexity index is 415. The molecule has 0 aliphatic rings. The van der Waals surface area contributed by atoms with E-state index in [-0.39, 0.29) is 11.7 Å². The molecule has 1 amide bonds. The van der Waals surface area contributed by atoms with Crippen molar-refractivity contribution in [3.05, 3.63) is 22.8 Å². The molecule has 5 heteroatoms. The van der Waals surface area contributed by atoms with Gasteiger partial charge in [-0.2, -0.15) is 0 Å². The van der Waals surface area contributed by atoms with Crippen molar-refractivity contribution in [3.63, 3.8) is 0 Å². The number of carbonyl (C=O) groups excluding carboxylic acids is 1. The van der Waals surface area contributed by atoms with Gasteiger partial charge in [-0.3, -0.25) is 4.79 Å². The number of pyridine rings is 1. The SMILES string of the molecule is CCCCN(CCCC)C(=O)c1cnc(N)c(Cl)c1. The molecule has 1 aromatic heterocycles. The summed E-state index contributed by atoms with van der Waals surface area (Å²) in [7, 11) is 0. The van der Waals surface area contributed by atoms with Crippen molar-refractivity contribution in [2.24, 2.45) is 0 Å². The summed E-state index contributed by atoms with van der Waals surface area (Å²) in [5, 5.41) is 0.330. The third kappa shape index (κ3) is 4.71. The Kier molecular flexibility index (Phi) is 6.64. The summed E-state index contributed by atoms with van der Waals surface area (Å²) in [6, 6.07) is 1.59. The van der Waals surface area contributed by atoms with Crippen LogP contribution in [-0.2, 0) is 0 Å². The predicted octanol–water partition coefficient (Wildman–Crippen LogP) is 3.36. The smallest absolute Gasteiger partial charge is 0.255 e. The van der Waals surface area contributed by atoms with E-state index in [1.54, 1.807) is 6.07 Å². The molecule has 0 bridgehead atoms. The number of amides is 1. The Labute approximate surface area is 120 Å². The molecule has 1 aromatic rings. The normalized spacial score (nSPS) is 10.5. The molecule has 0 saturated carbocycles. The summed E-state index contributed by atoms with van der Waals surface area (Å²) in [6.07, 6.45) is 5.64. The lowest BCUT2D eigenvalue weighted by Crippen LogP contribution is -2.33. The third-order valence-corrected chi connectivity index (χ3v) is 3.27.